The zero-order chi connectivity index (χ0) is 16.7. The number of amides is 1. The Labute approximate surface area is 140 Å². The molecule has 0 atom stereocenters. The van der Waals surface area contributed by atoms with Gasteiger partial charge in [0.15, 0.2) is 0 Å². The maximum Gasteiger partial charge on any atom is 0.336 e. The van der Waals surface area contributed by atoms with E-state index in [1.807, 2.05) is 12.1 Å². The molecule has 4 rings (SSSR count). The summed E-state index contributed by atoms with van der Waals surface area (Å²) in [4.78, 5) is 23.1. The van der Waals surface area contributed by atoms with Gasteiger partial charge in [0.05, 0.1) is 0 Å². The molecule has 2 aliphatic carbocycles. The largest absolute Gasteiger partial charge is 0.423 e. The highest BCUT2D eigenvalue weighted by molar-refractivity contribution is 5.92. The lowest BCUT2D eigenvalue weighted by molar-refractivity contribution is -0.114. The number of rotatable bonds is 6. The molecular weight excluding hydrogens is 304 g/mol. The molecule has 0 saturated heterocycles. The highest BCUT2D eigenvalue weighted by Crippen LogP contribution is 2.44. The van der Waals surface area contributed by atoms with Crippen LogP contribution in [0.3, 0.4) is 0 Å². The Kier molecular flexibility index (Phi) is 3.88. The fourth-order valence-electron chi connectivity index (χ4n) is 3.51. The molecule has 2 aromatic rings. The van der Waals surface area contributed by atoms with Crippen LogP contribution in [0.25, 0.3) is 11.0 Å². The normalized spacial score (nSPS) is 17.4. The van der Waals surface area contributed by atoms with Crippen molar-refractivity contribution >= 4 is 22.6 Å². The van der Waals surface area contributed by atoms with Crippen LogP contribution in [0.4, 0.5) is 5.69 Å². The second kappa shape index (κ2) is 6.06. The molecule has 5 heteroatoms. The SMILES string of the molecule is CC(=O)Nc1ccc2c(CNC(C3CC3)C3CC3)cc(=O)oc2c1. The Morgan fingerprint density at radius 3 is 2.54 bits per heavy atom. The number of carbonyl (C=O) groups is 1. The van der Waals surface area contributed by atoms with Crippen LogP contribution in [0.1, 0.15) is 38.2 Å². The second-order valence-electron chi connectivity index (χ2n) is 7.06. The molecule has 0 aliphatic heterocycles. The van der Waals surface area contributed by atoms with Gasteiger partial charge in [0.1, 0.15) is 5.58 Å². The van der Waals surface area contributed by atoms with Gasteiger partial charge in [-0.05, 0) is 55.2 Å². The van der Waals surface area contributed by atoms with Crippen LogP contribution in [-0.4, -0.2) is 11.9 Å². The van der Waals surface area contributed by atoms with Gasteiger partial charge in [-0.1, -0.05) is 0 Å². The summed E-state index contributed by atoms with van der Waals surface area (Å²) in [5, 5.41) is 7.31. The average Bonchev–Trinajstić information content (AvgIpc) is 3.40. The summed E-state index contributed by atoms with van der Waals surface area (Å²) in [7, 11) is 0. The van der Waals surface area contributed by atoms with Gasteiger partial charge < -0.3 is 15.1 Å². The van der Waals surface area contributed by atoms with Crippen molar-refractivity contribution in [3.05, 3.63) is 40.2 Å². The van der Waals surface area contributed by atoms with E-state index in [0.29, 0.717) is 23.9 Å². The first kappa shape index (κ1) is 15.4. The van der Waals surface area contributed by atoms with Crippen molar-refractivity contribution in [3.63, 3.8) is 0 Å². The molecule has 0 radical (unpaired) electrons. The first-order chi connectivity index (χ1) is 11.6. The molecule has 0 spiro atoms. The number of anilines is 1. The van der Waals surface area contributed by atoms with E-state index in [9.17, 15) is 9.59 Å². The first-order valence-corrected chi connectivity index (χ1v) is 8.68. The summed E-state index contributed by atoms with van der Waals surface area (Å²) in [6, 6.07) is 7.62. The van der Waals surface area contributed by atoms with E-state index >= 15 is 0 Å². The standard InChI is InChI=1S/C19H22N2O3/c1-11(22)21-15-6-7-16-14(8-18(23)24-17(16)9-15)10-20-19(12-2-3-12)13-4-5-13/h6-9,12-13,19-20H,2-5,10H2,1H3,(H,21,22). The molecule has 0 unspecified atom stereocenters. The summed E-state index contributed by atoms with van der Waals surface area (Å²) in [6.07, 6.45) is 5.30. The van der Waals surface area contributed by atoms with Gasteiger partial charge in [-0.2, -0.15) is 0 Å². The highest BCUT2D eigenvalue weighted by atomic mass is 16.4. The molecule has 1 aromatic carbocycles. The molecule has 1 heterocycles. The third-order valence-corrected chi connectivity index (χ3v) is 4.94. The third kappa shape index (κ3) is 3.36. The van der Waals surface area contributed by atoms with E-state index in [2.05, 4.69) is 10.6 Å². The predicted octanol–water partition coefficient (Wildman–Crippen LogP) is 3.03. The summed E-state index contributed by atoms with van der Waals surface area (Å²) in [6.45, 7) is 2.13. The summed E-state index contributed by atoms with van der Waals surface area (Å²) in [5.74, 6) is 1.48. The van der Waals surface area contributed by atoms with Gasteiger partial charge in [-0.15, -0.1) is 0 Å². The first-order valence-electron chi connectivity index (χ1n) is 8.68. The van der Waals surface area contributed by atoms with Gasteiger partial charge in [-0.25, -0.2) is 4.79 Å². The van der Waals surface area contributed by atoms with Gasteiger partial charge >= 0.3 is 5.63 Å². The average molecular weight is 326 g/mol. The van der Waals surface area contributed by atoms with Crippen molar-refractivity contribution in [3.8, 4) is 0 Å². The number of hydrogen-bond donors (Lipinski definition) is 2. The molecule has 24 heavy (non-hydrogen) atoms. The number of benzene rings is 1. The van der Waals surface area contributed by atoms with E-state index in [0.717, 1.165) is 22.8 Å². The van der Waals surface area contributed by atoms with Crippen molar-refractivity contribution in [1.29, 1.82) is 0 Å². The fraction of sp³-hybridized carbons (Fsp3) is 0.474. The lowest BCUT2D eigenvalue weighted by Crippen LogP contribution is -2.32. The summed E-state index contributed by atoms with van der Waals surface area (Å²) in [5.41, 5.74) is 1.76. The predicted molar refractivity (Wildman–Crippen MR) is 92.9 cm³/mol. The van der Waals surface area contributed by atoms with E-state index in [1.165, 1.54) is 32.6 Å². The highest BCUT2D eigenvalue weighted by Gasteiger charge is 2.40. The van der Waals surface area contributed by atoms with Crippen molar-refractivity contribution in [2.24, 2.45) is 11.8 Å². The van der Waals surface area contributed by atoms with Crippen LogP contribution in [0.2, 0.25) is 0 Å². The summed E-state index contributed by atoms with van der Waals surface area (Å²) < 4.78 is 5.32. The zero-order valence-electron chi connectivity index (χ0n) is 13.8. The lowest BCUT2D eigenvalue weighted by atomic mass is 10.1. The Hall–Kier alpha value is -2.14. The molecule has 1 aromatic heterocycles. The van der Waals surface area contributed by atoms with E-state index in [-0.39, 0.29) is 11.5 Å². The quantitative estimate of drug-likeness (QED) is 0.801. The van der Waals surface area contributed by atoms with Gasteiger partial charge in [-0.3, -0.25) is 4.79 Å². The molecule has 2 N–H and O–H groups in total. The van der Waals surface area contributed by atoms with Crippen LogP contribution in [0.5, 0.6) is 0 Å². The molecule has 2 fully saturated rings. The molecule has 5 nitrogen and oxygen atoms in total. The topological polar surface area (TPSA) is 71.3 Å². The Morgan fingerprint density at radius 2 is 1.92 bits per heavy atom. The molecule has 2 saturated carbocycles. The Balaban J connectivity index is 1.59. The van der Waals surface area contributed by atoms with Crippen LogP contribution in [0.15, 0.2) is 33.5 Å². The number of hydrogen-bond acceptors (Lipinski definition) is 4. The molecule has 126 valence electrons. The minimum Gasteiger partial charge on any atom is -0.423 e. The summed E-state index contributed by atoms with van der Waals surface area (Å²) >= 11 is 0. The van der Waals surface area contributed by atoms with E-state index < -0.39 is 0 Å². The van der Waals surface area contributed by atoms with E-state index in [4.69, 9.17) is 4.42 Å². The molecule has 0 bridgehead atoms. The molecular formula is C19H22N2O3. The van der Waals surface area contributed by atoms with Crippen molar-refractivity contribution in [2.75, 3.05) is 5.32 Å². The maximum absolute atomic E-state index is 11.9. The number of fused-ring (bicyclic) bond motifs is 1. The number of carbonyl (C=O) groups excluding carboxylic acids is 1. The number of nitrogens with one attached hydrogen (secondary N) is 2. The minimum absolute atomic E-state index is 0.147. The van der Waals surface area contributed by atoms with Crippen molar-refractivity contribution in [2.45, 2.75) is 45.2 Å². The molecule has 2 aliphatic rings. The van der Waals surface area contributed by atoms with Crippen LogP contribution >= 0.6 is 0 Å². The smallest absolute Gasteiger partial charge is 0.336 e. The van der Waals surface area contributed by atoms with Gasteiger partial charge in [0.25, 0.3) is 0 Å². The van der Waals surface area contributed by atoms with Crippen LogP contribution in [-0.2, 0) is 11.3 Å². The monoisotopic (exact) mass is 326 g/mol. The lowest BCUT2D eigenvalue weighted by Gasteiger charge is -2.18. The second-order valence-corrected chi connectivity index (χ2v) is 7.06. The van der Waals surface area contributed by atoms with Crippen LogP contribution < -0.4 is 16.3 Å². The van der Waals surface area contributed by atoms with Crippen molar-refractivity contribution in [1.82, 2.24) is 5.32 Å². The minimum atomic E-state index is -0.353. The third-order valence-electron chi connectivity index (χ3n) is 4.94. The van der Waals surface area contributed by atoms with Crippen LogP contribution in [0, 0.1) is 11.8 Å². The maximum atomic E-state index is 11.9. The van der Waals surface area contributed by atoms with Crippen molar-refractivity contribution < 1.29 is 9.21 Å². The van der Waals surface area contributed by atoms with Gasteiger partial charge in [0.2, 0.25) is 5.91 Å². The van der Waals surface area contributed by atoms with Gasteiger partial charge in [0, 0.05) is 42.7 Å². The fourth-order valence-corrected chi connectivity index (χ4v) is 3.51. The van der Waals surface area contributed by atoms with E-state index in [1.54, 1.807) is 12.1 Å². The zero-order valence-corrected chi connectivity index (χ0v) is 13.8. The Morgan fingerprint density at radius 1 is 1.21 bits per heavy atom. The molecule has 1 amide bonds. The Bertz CT molecular complexity index is 822.